The van der Waals surface area contributed by atoms with Crippen LogP contribution in [0.15, 0.2) is 21.7 Å². The number of hydrogen-bond donors (Lipinski definition) is 3. The predicted octanol–water partition coefficient (Wildman–Crippen LogP) is 1.58. The molecular formula is C20H29N3O5S2. The average molecular weight is 456 g/mol. The van der Waals surface area contributed by atoms with Crippen molar-refractivity contribution >= 4 is 39.5 Å². The molecule has 3 N–H and O–H groups in total. The highest BCUT2D eigenvalue weighted by molar-refractivity contribution is 7.91. The highest BCUT2D eigenvalue weighted by Crippen LogP contribution is 2.28. The molecule has 0 unspecified atom stereocenters. The lowest BCUT2D eigenvalue weighted by Gasteiger charge is -2.27. The second-order valence-corrected chi connectivity index (χ2v) is 11.0. The Morgan fingerprint density at radius 3 is 2.60 bits per heavy atom. The zero-order valence-corrected chi connectivity index (χ0v) is 18.5. The molecule has 2 amide bonds. The van der Waals surface area contributed by atoms with Crippen molar-refractivity contribution in [2.75, 3.05) is 6.54 Å². The predicted molar refractivity (Wildman–Crippen MR) is 113 cm³/mol. The Morgan fingerprint density at radius 1 is 1.23 bits per heavy atom. The summed E-state index contributed by atoms with van der Waals surface area (Å²) in [6, 6.07) is 1.35. The lowest BCUT2D eigenvalue weighted by atomic mass is 9.85. The van der Waals surface area contributed by atoms with Crippen LogP contribution in [0.4, 0.5) is 0 Å². The van der Waals surface area contributed by atoms with Crippen LogP contribution in [0.3, 0.4) is 0 Å². The van der Waals surface area contributed by atoms with Gasteiger partial charge in [0.25, 0.3) is 10.0 Å². The fraction of sp³-hybridized carbons (Fsp3) is 0.650. The first-order chi connectivity index (χ1) is 14.4. The number of nitrogens with one attached hydrogen (secondary N) is 3. The van der Waals surface area contributed by atoms with Crippen LogP contribution in [0, 0.1) is 11.8 Å². The summed E-state index contributed by atoms with van der Waals surface area (Å²) in [6.45, 7) is 0.563. The van der Waals surface area contributed by atoms with Gasteiger partial charge >= 0.3 is 0 Å². The number of hydrogen-bond acceptors (Lipinski definition) is 6. The van der Waals surface area contributed by atoms with Gasteiger partial charge in [-0.2, -0.15) is 4.72 Å². The molecule has 1 aliphatic carbocycles. The summed E-state index contributed by atoms with van der Waals surface area (Å²) in [5.74, 6) is -0.694. The molecule has 1 aromatic heterocycles. The van der Waals surface area contributed by atoms with Gasteiger partial charge in [0.15, 0.2) is 0 Å². The fourth-order valence-corrected chi connectivity index (χ4v) is 6.45. The third-order valence-electron chi connectivity index (χ3n) is 5.86. The SMILES string of the molecule is O=C[C@H](C[C@@H]1CCNC1=O)NC(=O)[C@H](CC1CCCCC1)NS(=O)(=O)c1cccs1. The summed E-state index contributed by atoms with van der Waals surface area (Å²) in [7, 11) is -3.83. The van der Waals surface area contributed by atoms with Crippen molar-refractivity contribution in [2.24, 2.45) is 11.8 Å². The molecule has 3 rings (SSSR count). The van der Waals surface area contributed by atoms with E-state index in [2.05, 4.69) is 15.4 Å². The Balaban J connectivity index is 1.69. The zero-order valence-electron chi connectivity index (χ0n) is 16.8. The van der Waals surface area contributed by atoms with Gasteiger partial charge in [0.05, 0.1) is 6.04 Å². The van der Waals surface area contributed by atoms with Crippen LogP contribution < -0.4 is 15.4 Å². The number of carbonyl (C=O) groups excluding carboxylic acids is 3. The first kappa shape index (κ1) is 22.9. The van der Waals surface area contributed by atoms with Crippen LogP contribution in [-0.4, -0.2) is 45.1 Å². The molecule has 1 saturated carbocycles. The number of sulfonamides is 1. The van der Waals surface area contributed by atoms with Crippen LogP contribution in [0.5, 0.6) is 0 Å². The van der Waals surface area contributed by atoms with Gasteiger partial charge in [-0.25, -0.2) is 8.42 Å². The van der Waals surface area contributed by atoms with Gasteiger partial charge in [0.2, 0.25) is 11.8 Å². The smallest absolute Gasteiger partial charge is 0.250 e. The van der Waals surface area contributed by atoms with Gasteiger partial charge in [-0.1, -0.05) is 38.2 Å². The van der Waals surface area contributed by atoms with Gasteiger partial charge in [-0.3, -0.25) is 9.59 Å². The van der Waals surface area contributed by atoms with E-state index in [1.165, 1.54) is 6.07 Å². The molecule has 2 aliphatic rings. The van der Waals surface area contributed by atoms with Gasteiger partial charge in [-0.05, 0) is 36.6 Å². The monoisotopic (exact) mass is 455 g/mol. The van der Waals surface area contributed by atoms with Crippen LogP contribution in [0.1, 0.15) is 51.4 Å². The Labute approximate surface area is 181 Å². The van der Waals surface area contributed by atoms with E-state index in [9.17, 15) is 22.8 Å². The molecule has 3 atom stereocenters. The summed E-state index contributed by atoms with van der Waals surface area (Å²) >= 11 is 1.09. The Kier molecular flexibility index (Phi) is 8.01. The van der Waals surface area contributed by atoms with Crippen molar-refractivity contribution in [1.82, 2.24) is 15.4 Å². The van der Waals surface area contributed by atoms with Crippen molar-refractivity contribution in [3.63, 3.8) is 0 Å². The minimum atomic E-state index is -3.83. The number of amides is 2. The molecule has 0 spiro atoms. The largest absolute Gasteiger partial charge is 0.356 e. The van der Waals surface area contributed by atoms with E-state index in [-0.39, 0.29) is 28.4 Å². The minimum absolute atomic E-state index is 0.117. The van der Waals surface area contributed by atoms with E-state index < -0.39 is 28.0 Å². The number of aldehydes is 1. The molecule has 1 aliphatic heterocycles. The maximum atomic E-state index is 13.0. The minimum Gasteiger partial charge on any atom is -0.356 e. The van der Waals surface area contributed by atoms with Crippen molar-refractivity contribution in [2.45, 2.75) is 67.7 Å². The molecule has 8 nitrogen and oxygen atoms in total. The van der Waals surface area contributed by atoms with Crippen LogP contribution in [0.2, 0.25) is 0 Å². The third kappa shape index (κ3) is 6.12. The summed E-state index contributed by atoms with van der Waals surface area (Å²) in [4.78, 5) is 36.3. The molecule has 2 heterocycles. The van der Waals surface area contributed by atoms with E-state index in [1.54, 1.807) is 11.4 Å². The molecule has 166 valence electrons. The molecule has 0 radical (unpaired) electrons. The van der Waals surface area contributed by atoms with E-state index in [0.717, 1.165) is 43.4 Å². The van der Waals surface area contributed by atoms with E-state index in [0.29, 0.717) is 25.7 Å². The average Bonchev–Trinajstić information content (AvgIpc) is 3.40. The first-order valence-corrected chi connectivity index (χ1v) is 12.8. The molecule has 1 aromatic rings. The van der Waals surface area contributed by atoms with E-state index >= 15 is 0 Å². The molecule has 0 bridgehead atoms. The van der Waals surface area contributed by atoms with Gasteiger partial charge in [0, 0.05) is 12.5 Å². The van der Waals surface area contributed by atoms with E-state index in [4.69, 9.17) is 0 Å². The summed E-state index contributed by atoms with van der Waals surface area (Å²) in [5.41, 5.74) is 0. The molecule has 2 fully saturated rings. The van der Waals surface area contributed by atoms with Crippen molar-refractivity contribution in [3.8, 4) is 0 Å². The maximum absolute atomic E-state index is 13.0. The molecule has 0 aromatic carbocycles. The molecule has 1 saturated heterocycles. The molecular weight excluding hydrogens is 426 g/mol. The Hall–Kier alpha value is -1.78. The lowest BCUT2D eigenvalue weighted by Crippen LogP contribution is -2.51. The summed E-state index contributed by atoms with van der Waals surface area (Å²) in [5, 5.41) is 7.05. The highest BCUT2D eigenvalue weighted by atomic mass is 32.2. The standard InChI is InChI=1S/C20H29N3O5S2/c24-13-16(12-15-8-9-21-19(15)25)22-20(26)17(11-14-5-2-1-3-6-14)23-30(27,28)18-7-4-10-29-18/h4,7,10,13-17,23H,1-3,5-6,8-9,11-12H2,(H,21,25)(H,22,26)/t15-,16-,17-/m0/s1. The number of rotatable bonds is 10. The maximum Gasteiger partial charge on any atom is 0.250 e. The Morgan fingerprint density at radius 2 is 2.00 bits per heavy atom. The van der Waals surface area contributed by atoms with Crippen LogP contribution >= 0.6 is 11.3 Å². The van der Waals surface area contributed by atoms with Gasteiger partial charge in [-0.15, -0.1) is 11.3 Å². The topological polar surface area (TPSA) is 121 Å². The zero-order chi connectivity index (χ0) is 21.6. The van der Waals surface area contributed by atoms with E-state index in [1.807, 2.05) is 0 Å². The second kappa shape index (κ2) is 10.5. The number of carbonyl (C=O) groups is 3. The summed E-state index contributed by atoms with van der Waals surface area (Å²) in [6.07, 6.45) is 7.08. The molecule has 10 heteroatoms. The summed E-state index contributed by atoms with van der Waals surface area (Å²) < 4.78 is 28.1. The van der Waals surface area contributed by atoms with Crippen LogP contribution in [-0.2, 0) is 24.4 Å². The van der Waals surface area contributed by atoms with Gasteiger partial charge in [0.1, 0.15) is 16.5 Å². The molecule has 30 heavy (non-hydrogen) atoms. The highest BCUT2D eigenvalue weighted by Gasteiger charge is 2.32. The lowest BCUT2D eigenvalue weighted by molar-refractivity contribution is -0.127. The van der Waals surface area contributed by atoms with Gasteiger partial charge < -0.3 is 15.4 Å². The normalized spacial score (nSPS) is 22.3. The van der Waals surface area contributed by atoms with Crippen molar-refractivity contribution in [3.05, 3.63) is 17.5 Å². The van der Waals surface area contributed by atoms with Crippen molar-refractivity contribution < 1.29 is 22.8 Å². The quantitative estimate of drug-likeness (QED) is 0.463. The Bertz CT molecular complexity index is 835. The van der Waals surface area contributed by atoms with Crippen molar-refractivity contribution in [1.29, 1.82) is 0 Å². The second-order valence-electron chi connectivity index (χ2n) is 8.11. The van der Waals surface area contributed by atoms with Crippen LogP contribution in [0.25, 0.3) is 0 Å². The first-order valence-electron chi connectivity index (χ1n) is 10.5. The number of thiophene rings is 1. The third-order valence-corrected chi connectivity index (χ3v) is 8.73. The fourth-order valence-electron chi connectivity index (χ4n) is 4.23.